The summed E-state index contributed by atoms with van der Waals surface area (Å²) in [7, 11) is 4.12. The molecule has 2 rings (SSSR count). The number of Topliss-reactive ketones (excluding diaryl/α,β-unsaturated/α-hetero) is 1. The molecule has 2 saturated carbocycles. The second-order valence-electron chi connectivity index (χ2n) is 6.30. The molecule has 2 aliphatic carbocycles. The standard InChI is InChI=1S/C14H24N2O/c1-9(15-6-7-16(4)5)12-11(17)8-10-13(12)14(10,2)3/h10,13,15H,6-8H2,1-5H3/t10-,13-/m1/s1. The van der Waals surface area contributed by atoms with E-state index in [-0.39, 0.29) is 0 Å². The predicted molar refractivity (Wildman–Crippen MR) is 69.6 cm³/mol. The number of fused-ring (bicyclic) bond motifs is 1. The molecule has 0 aromatic rings. The van der Waals surface area contributed by atoms with Gasteiger partial charge in [-0.25, -0.2) is 0 Å². The molecule has 2 atom stereocenters. The first-order chi connectivity index (χ1) is 7.85. The van der Waals surface area contributed by atoms with Gasteiger partial charge in [0.05, 0.1) is 0 Å². The Bertz CT molecular complexity index is 368. The lowest BCUT2D eigenvalue weighted by molar-refractivity contribution is -0.115. The van der Waals surface area contributed by atoms with Crippen molar-refractivity contribution in [2.45, 2.75) is 27.2 Å². The predicted octanol–water partition coefficient (Wildman–Crippen LogP) is 1.66. The van der Waals surface area contributed by atoms with Crippen molar-refractivity contribution < 1.29 is 4.79 Å². The van der Waals surface area contributed by atoms with Gasteiger partial charge >= 0.3 is 0 Å². The molecule has 0 saturated heterocycles. The van der Waals surface area contributed by atoms with E-state index in [2.05, 4.69) is 45.1 Å². The molecule has 1 N–H and O–H groups in total. The Morgan fingerprint density at radius 3 is 2.65 bits per heavy atom. The maximum atomic E-state index is 11.9. The fourth-order valence-corrected chi connectivity index (χ4v) is 3.19. The van der Waals surface area contributed by atoms with Crippen LogP contribution in [0.1, 0.15) is 27.2 Å². The molecule has 0 radical (unpaired) electrons. The molecule has 17 heavy (non-hydrogen) atoms. The van der Waals surface area contributed by atoms with Crippen molar-refractivity contribution in [2.75, 3.05) is 27.2 Å². The zero-order chi connectivity index (χ0) is 12.8. The SMILES string of the molecule is CC(NCCN(C)C)=C1C(=O)C[C@@H]2[C@H]1C2(C)C. The smallest absolute Gasteiger partial charge is 0.161 e. The van der Waals surface area contributed by atoms with Crippen LogP contribution in [0.15, 0.2) is 11.3 Å². The molecule has 0 aromatic heterocycles. The Balaban J connectivity index is 2.02. The first kappa shape index (κ1) is 12.6. The number of hydrogen-bond donors (Lipinski definition) is 1. The second-order valence-corrected chi connectivity index (χ2v) is 6.30. The van der Waals surface area contributed by atoms with Gasteiger partial charge < -0.3 is 10.2 Å². The van der Waals surface area contributed by atoms with E-state index in [1.54, 1.807) is 0 Å². The minimum atomic E-state index is 0.355. The second kappa shape index (κ2) is 4.13. The Hall–Kier alpha value is -0.830. The normalized spacial score (nSPS) is 32.7. The van der Waals surface area contributed by atoms with Gasteiger partial charge in [0.15, 0.2) is 5.78 Å². The summed E-state index contributed by atoms with van der Waals surface area (Å²) in [6.07, 6.45) is 0.764. The van der Waals surface area contributed by atoms with Gasteiger partial charge in [0.1, 0.15) is 0 Å². The fourth-order valence-electron chi connectivity index (χ4n) is 3.19. The molecule has 0 spiro atoms. The van der Waals surface area contributed by atoms with Crippen LogP contribution in [0, 0.1) is 17.3 Å². The van der Waals surface area contributed by atoms with Crippen molar-refractivity contribution >= 4 is 5.78 Å². The average molecular weight is 236 g/mol. The molecular weight excluding hydrogens is 212 g/mol. The van der Waals surface area contributed by atoms with E-state index in [0.29, 0.717) is 23.0 Å². The molecule has 0 bridgehead atoms. The van der Waals surface area contributed by atoms with E-state index >= 15 is 0 Å². The van der Waals surface area contributed by atoms with Gasteiger partial charge in [-0.1, -0.05) is 13.8 Å². The Morgan fingerprint density at radius 1 is 1.47 bits per heavy atom. The van der Waals surface area contributed by atoms with Crippen LogP contribution in [0.2, 0.25) is 0 Å². The fraction of sp³-hybridized carbons (Fsp3) is 0.786. The summed E-state index contributed by atoms with van der Waals surface area (Å²) in [5, 5.41) is 3.40. The number of allylic oxidation sites excluding steroid dienone is 2. The lowest BCUT2D eigenvalue weighted by Crippen LogP contribution is -2.27. The number of rotatable bonds is 4. The van der Waals surface area contributed by atoms with Crippen LogP contribution in [-0.4, -0.2) is 37.9 Å². The molecule has 0 aromatic carbocycles. The van der Waals surface area contributed by atoms with Gasteiger partial charge in [-0.2, -0.15) is 0 Å². The minimum Gasteiger partial charge on any atom is -0.387 e. The first-order valence-corrected chi connectivity index (χ1v) is 6.48. The lowest BCUT2D eigenvalue weighted by Gasteiger charge is -2.16. The molecule has 0 heterocycles. The Labute approximate surface area is 104 Å². The van der Waals surface area contributed by atoms with E-state index in [1.165, 1.54) is 0 Å². The van der Waals surface area contributed by atoms with Crippen molar-refractivity contribution in [3.05, 3.63) is 11.3 Å². The number of nitrogens with zero attached hydrogens (tertiary/aromatic N) is 1. The summed E-state index contributed by atoms with van der Waals surface area (Å²) in [6.45, 7) is 8.52. The number of carbonyl (C=O) groups is 1. The highest BCUT2D eigenvalue weighted by Crippen LogP contribution is 2.68. The van der Waals surface area contributed by atoms with Crippen molar-refractivity contribution in [3.63, 3.8) is 0 Å². The van der Waals surface area contributed by atoms with Crippen LogP contribution in [0.4, 0.5) is 0 Å². The maximum absolute atomic E-state index is 11.9. The zero-order valence-electron chi connectivity index (χ0n) is 11.6. The van der Waals surface area contributed by atoms with E-state index in [1.807, 2.05) is 0 Å². The lowest BCUT2D eigenvalue weighted by atomic mass is 9.95. The first-order valence-electron chi connectivity index (χ1n) is 6.48. The topological polar surface area (TPSA) is 32.3 Å². The number of ketones is 1. The van der Waals surface area contributed by atoms with E-state index in [4.69, 9.17) is 0 Å². The third-order valence-electron chi connectivity index (χ3n) is 4.42. The summed E-state index contributed by atoms with van der Waals surface area (Å²) in [4.78, 5) is 14.1. The minimum absolute atomic E-state index is 0.355. The summed E-state index contributed by atoms with van der Waals surface area (Å²) in [5.74, 6) is 1.49. The van der Waals surface area contributed by atoms with E-state index in [0.717, 1.165) is 30.8 Å². The summed E-state index contributed by atoms with van der Waals surface area (Å²) in [5.41, 5.74) is 2.54. The van der Waals surface area contributed by atoms with Gasteiger partial charge in [0.2, 0.25) is 0 Å². The van der Waals surface area contributed by atoms with Gasteiger partial charge in [-0.05, 0) is 38.3 Å². The van der Waals surface area contributed by atoms with Gasteiger partial charge in [-0.15, -0.1) is 0 Å². The zero-order valence-corrected chi connectivity index (χ0v) is 11.6. The van der Waals surface area contributed by atoms with Gasteiger partial charge in [0.25, 0.3) is 0 Å². The number of nitrogens with one attached hydrogen (secondary N) is 1. The molecule has 0 unspecified atom stereocenters. The highest BCUT2D eigenvalue weighted by molar-refractivity contribution is 6.01. The van der Waals surface area contributed by atoms with Gasteiger partial charge in [-0.3, -0.25) is 4.79 Å². The van der Waals surface area contributed by atoms with Crippen molar-refractivity contribution in [3.8, 4) is 0 Å². The quantitative estimate of drug-likeness (QED) is 0.753. The summed E-state index contributed by atoms with van der Waals surface area (Å²) in [6, 6.07) is 0. The molecule has 2 fully saturated rings. The van der Waals surface area contributed by atoms with Crippen LogP contribution in [0.25, 0.3) is 0 Å². The average Bonchev–Trinajstić information content (AvgIpc) is 2.58. The Kier molecular flexibility index (Phi) is 3.06. The van der Waals surface area contributed by atoms with E-state index < -0.39 is 0 Å². The molecular formula is C14H24N2O. The van der Waals surface area contributed by atoms with Crippen LogP contribution in [-0.2, 0) is 4.79 Å². The monoisotopic (exact) mass is 236 g/mol. The van der Waals surface area contributed by atoms with Gasteiger partial charge in [0, 0.05) is 30.8 Å². The third kappa shape index (κ3) is 2.13. The van der Waals surface area contributed by atoms with Crippen molar-refractivity contribution in [1.82, 2.24) is 10.2 Å². The Morgan fingerprint density at radius 2 is 2.12 bits per heavy atom. The molecule has 3 nitrogen and oxygen atoms in total. The molecule has 0 amide bonds. The molecule has 0 aliphatic heterocycles. The third-order valence-corrected chi connectivity index (χ3v) is 4.42. The van der Waals surface area contributed by atoms with Crippen molar-refractivity contribution in [2.24, 2.45) is 17.3 Å². The summed E-state index contributed by atoms with van der Waals surface area (Å²) < 4.78 is 0. The summed E-state index contributed by atoms with van der Waals surface area (Å²) >= 11 is 0. The highest BCUT2D eigenvalue weighted by atomic mass is 16.1. The van der Waals surface area contributed by atoms with Crippen LogP contribution < -0.4 is 5.32 Å². The van der Waals surface area contributed by atoms with Crippen LogP contribution in [0.3, 0.4) is 0 Å². The number of hydrogen-bond acceptors (Lipinski definition) is 3. The van der Waals surface area contributed by atoms with Crippen LogP contribution in [0.5, 0.6) is 0 Å². The van der Waals surface area contributed by atoms with Crippen LogP contribution >= 0.6 is 0 Å². The van der Waals surface area contributed by atoms with Crippen molar-refractivity contribution in [1.29, 1.82) is 0 Å². The highest BCUT2D eigenvalue weighted by Gasteiger charge is 2.65. The molecule has 3 heteroatoms. The number of likely N-dealkylation sites (N-methyl/N-ethyl adjacent to an activating group) is 1. The molecule has 96 valence electrons. The maximum Gasteiger partial charge on any atom is 0.161 e. The van der Waals surface area contributed by atoms with E-state index in [9.17, 15) is 4.79 Å². The number of carbonyl (C=O) groups excluding carboxylic acids is 1. The largest absolute Gasteiger partial charge is 0.387 e. The molecule has 2 aliphatic rings.